The first kappa shape index (κ1) is 16.2. The molecule has 0 radical (unpaired) electrons. The molecule has 0 aliphatic heterocycles. The summed E-state index contributed by atoms with van der Waals surface area (Å²) in [7, 11) is -3.74. The first-order valence-corrected chi connectivity index (χ1v) is 7.60. The highest BCUT2D eigenvalue weighted by atomic mass is 32.2. The number of aromatic nitrogens is 1. The molecule has 118 valence electrons. The van der Waals surface area contributed by atoms with Gasteiger partial charge in [-0.05, 0) is 29.8 Å². The van der Waals surface area contributed by atoms with Crippen molar-refractivity contribution in [3.05, 3.63) is 53.7 Å². The smallest absolute Gasteiger partial charge is 0.366 e. The molecule has 0 unspecified atom stereocenters. The van der Waals surface area contributed by atoms with Gasteiger partial charge in [0, 0.05) is 12.7 Å². The lowest BCUT2D eigenvalue weighted by molar-refractivity contribution is -0.137. The van der Waals surface area contributed by atoms with Crippen LogP contribution < -0.4 is 10.5 Å². The van der Waals surface area contributed by atoms with Crippen molar-refractivity contribution >= 4 is 15.8 Å². The molecular weight excluding hydrogens is 319 g/mol. The Balaban J connectivity index is 2.01. The molecule has 0 saturated carbocycles. The Labute approximate surface area is 125 Å². The van der Waals surface area contributed by atoms with Crippen molar-refractivity contribution in [1.82, 2.24) is 4.98 Å². The van der Waals surface area contributed by atoms with Crippen molar-refractivity contribution in [3.63, 3.8) is 0 Å². The Kier molecular flexibility index (Phi) is 4.38. The Morgan fingerprint density at radius 1 is 1.09 bits per heavy atom. The Morgan fingerprint density at radius 2 is 1.73 bits per heavy atom. The predicted molar refractivity (Wildman–Crippen MR) is 74.4 cm³/mol. The van der Waals surface area contributed by atoms with Gasteiger partial charge < -0.3 is 5.32 Å². The van der Waals surface area contributed by atoms with Crippen molar-refractivity contribution in [2.24, 2.45) is 5.14 Å². The van der Waals surface area contributed by atoms with Crippen LogP contribution in [0.5, 0.6) is 0 Å². The summed E-state index contributed by atoms with van der Waals surface area (Å²) >= 11 is 0. The quantitative estimate of drug-likeness (QED) is 0.901. The maximum atomic E-state index is 12.4. The number of pyridine rings is 1. The first-order valence-electron chi connectivity index (χ1n) is 6.05. The van der Waals surface area contributed by atoms with Crippen molar-refractivity contribution in [1.29, 1.82) is 0 Å². The minimum absolute atomic E-state index is 0.0103. The standard InChI is InChI=1S/C13H12F3N3O2S/c14-13(15,16)10-3-6-12(19-8-10)18-7-9-1-4-11(5-2-9)22(17,20)21/h1-6,8H,7H2,(H,18,19)(H2,17,20,21). The summed E-state index contributed by atoms with van der Waals surface area (Å²) in [5.41, 5.74) is -0.0929. The minimum atomic E-state index is -4.42. The number of alkyl halides is 3. The predicted octanol–water partition coefficient (Wildman–Crippen LogP) is 2.36. The summed E-state index contributed by atoms with van der Waals surface area (Å²) in [6, 6.07) is 7.97. The molecule has 0 saturated heterocycles. The SMILES string of the molecule is NS(=O)(=O)c1ccc(CNc2ccc(C(F)(F)F)cn2)cc1. The largest absolute Gasteiger partial charge is 0.417 e. The van der Waals surface area contributed by atoms with E-state index in [-0.39, 0.29) is 17.3 Å². The Hall–Kier alpha value is -2.13. The normalized spacial score (nSPS) is 12.2. The van der Waals surface area contributed by atoms with Gasteiger partial charge in [-0.25, -0.2) is 18.5 Å². The van der Waals surface area contributed by atoms with Crippen molar-refractivity contribution in [3.8, 4) is 0 Å². The fourth-order valence-electron chi connectivity index (χ4n) is 1.66. The van der Waals surface area contributed by atoms with Gasteiger partial charge in [-0.1, -0.05) is 12.1 Å². The summed E-state index contributed by atoms with van der Waals surface area (Å²) in [5.74, 6) is 0.281. The average Bonchev–Trinajstić information content (AvgIpc) is 2.44. The van der Waals surface area contributed by atoms with Crippen molar-refractivity contribution in [2.45, 2.75) is 17.6 Å². The van der Waals surface area contributed by atoms with E-state index in [1.54, 1.807) is 12.1 Å². The molecule has 22 heavy (non-hydrogen) atoms. The number of hydrogen-bond acceptors (Lipinski definition) is 4. The summed E-state index contributed by atoms with van der Waals surface area (Å²) in [6.45, 7) is 0.281. The topological polar surface area (TPSA) is 85.1 Å². The van der Waals surface area contributed by atoms with Crippen LogP contribution in [-0.4, -0.2) is 13.4 Å². The van der Waals surface area contributed by atoms with Gasteiger partial charge in [-0.2, -0.15) is 13.2 Å². The number of nitrogens with one attached hydrogen (secondary N) is 1. The molecule has 0 aliphatic carbocycles. The van der Waals surface area contributed by atoms with Crippen LogP contribution in [0.2, 0.25) is 0 Å². The van der Waals surface area contributed by atoms with Crippen LogP contribution in [0.4, 0.5) is 19.0 Å². The molecule has 1 aromatic carbocycles. The average molecular weight is 331 g/mol. The van der Waals surface area contributed by atoms with Gasteiger partial charge in [0.2, 0.25) is 10.0 Å². The molecule has 0 bridgehead atoms. The van der Waals surface area contributed by atoms with E-state index in [0.29, 0.717) is 0 Å². The molecular formula is C13H12F3N3O2S. The Morgan fingerprint density at radius 3 is 2.18 bits per heavy atom. The van der Waals surface area contributed by atoms with Gasteiger partial charge in [-0.3, -0.25) is 0 Å². The van der Waals surface area contributed by atoms with Crippen LogP contribution in [0.1, 0.15) is 11.1 Å². The van der Waals surface area contributed by atoms with Crippen molar-refractivity contribution in [2.75, 3.05) is 5.32 Å². The molecule has 0 atom stereocenters. The lowest BCUT2D eigenvalue weighted by Gasteiger charge is -2.09. The second kappa shape index (κ2) is 5.93. The van der Waals surface area contributed by atoms with Crippen LogP contribution in [0.25, 0.3) is 0 Å². The van der Waals surface area contributed by atoms with Gasteiger partial charge >= 0.3 is 6.18 Å². The fourth-order valence-corrected chi connectivity index (χ4v) is 2.17. The molecule has 1 heterocycles. The number of benzene rings is 1. The molecule has 1 aromatic heterocycles. The molecule has 9 heteroatoms. The second-order valence-corrected chi connectivity index (χ2v) is 6.03. The number of halogens is 3. The molecule has 0 aliphatic rings. The van der Waals surface area contributed by atoms with E-state index in [1.165, 1.54) is 18.2 Å². The van der Waals surface area contributed by atoms with Gasteiger partial charge in [0.1, 0.15) is 5.82 Å². The second-order valence-electron chi connectivity index (χ2n) is 4.47. The molecule has 5 nitrogen and oxygen atoms in total. The zero-order chi connectivity index (χ0) is 16.4. The van der Waals surface area contributed by atoms with E-state index in [4.69, 9.17) is 5.14 Å². The first-order chi connectivity index (χ1) is 10.2. The summed E-state index contributed by atoms with van der Waals surface area (Å²) in [5, 5.41) is 7.81. The summed E-state index contributed by atoms with van der Waals surface area (Å²) < 4.78 is 59.3. The Bertz CT molecular complexity index is 742. The number of sulfonamides is 1. The van der Waals surface area contributed by atoms with Crippen LogP contribution >= 0.6 is 0 Å². The van der Waals surface area contributed by atoms with E-state index in [0.717, 1.165) is 17.8 Å². The van der Waals surface area contributed by atoms with Crippen LogP contribution in [0, 0.1) is 0 Å². The van der Waals surface area contributed by atoms with Crippen molar-refractivity contribution < 1.29 is 21.6 Å². The molecule has 3 N–H and O–H groups in total. The van der Waals surface area contributed by atoms with E-state index < -0.39 is 21.8 Å². The third-order valence-corrected chi connectivity index (χ3v) is 3.75. The maximum Gasteiger partial charge on any atom is 0.417 e. The highest BCUT2D eigenvalue weighted by Crippen LogP contribution is 2.28. The highest BCUT2D eigenvalue weighted by molar-refractivity contribution is 7.89. The third-order valence-electron chi connectivity index (χ3n) is 2.82. The molecule has 2 rings (SSSR count). The molecule has 2 aromatic rings. The fraction of sp³-hybridized carbons (Fsp3) is 0.154. The molecule has 0 fully saturated rings. The third kappa shape index (κ3) is 4.18. The number of nitrogens with two attached hydrogens (primary N) is 1. The number of primary sulfonamides is 1. The van der Waals surface area contributed by atoms with Gasteiger partial charge in [0.25, 0.3) is 0 Å². The number of rotatable bonds is 4. The zero-order valence-corrected chi connectivity index (χ0v) is 11.9. The van der Waals surface area contributed by atoms with Crippen LogP contribution in [0.15, 0.2) is 47.5 Å². The summed E-state index contributed by atoms with van der Waals surface area (Å²) in [6.07, 6.45) is -3.68. The van der Waals surface area contributed by atoms with Gasteiger partial charge in [0.05, 0.1) is 10.5 Å². The van der Waals surface area contributed by atoms with E-state index in [1.807, 2.05) is 0 Å². The highest BCUT2D eigenvalue weighted by Gasteiger charge is 2.30. The maximum absolute atomic E-state index is 12.4. The monoisotopic (exact) mass is 331 g/mol. The van der Waals surface area contributed by atoms with Gasteiger partial charge in [0.15, 0.2) is 0 Å². The van der Waals surface area contributed by atoms with E-state index in [9.17, 15) is 21.6 Å². The zero-order valence-electron chi connectivity index (χ0n) is 11.1. The molecule has 0 spiro atoms. The van der Waals surface area contributed by atoms with E-state index >= 15 is 0 Å². The van der Waals surface area contributed by atoms with Gasteiger partial charge in [-0.15, -0.1) is 0 Å². The summed E-state index contributed by atoms with van der Waals surface area (Å²) in [4.78, 5) is 3.66. The lowest BCUT2D eigenvalue weighted by Crippen LogP contribution is -2.12. The van der Waals surface area contributed by atoms with Crippen LogP contribution in [-0.2, 0) is 22.7 Å². The lowest BCUT2D eigenvalue weighted by atomic mass is 10.2. The van der Waals surface area contributed by atoms with E-state index in [2.05, 4.69) is 10.3 Å². The minimum Gasteiger partial charge on any atom is -0.366 e. The van der Waals surface area contributed by atoms with Crippen LogP contribution in [0.3, 0.4) is 0 Å². The number of hydrogen-bond donors (Lipinski definition) is 2. The molecule has 0 amide bonds. The number of anilines is 1. The number of nitrogens with zero attached hydrogens (tertiary/aromatic N) is 1.